The molecule has 0 bridgehead atoms. The number of nitrogens with zero attached hydrogens (tertiary/aromatic N) is 1. The van der Waals surface area contributed by atoms with Crippen LogP contribution < -0.4 is 0 Å². The summed E-state index contributed by atoms with van der Waals surface area (Å²) >= 11 is 0. The second-order valence-corrected chi connectivity index (χ2v) is 5.02. The molecule has 76 valence electrons. The molecule has 1 saturated carbocycles. The molecule has 0 aromatic carbocycles. The Morgan fingerprint density at radius 2 is 1.77 bits per heavy atom. The summed E-state index contributed by atoms with van der Waals surface area (Å²) in [5.41, 5.74) is 0. The Morgan fingerprint density at radius 3 is 2.38 bits per heavy atom. The van der Waals surface area contributed by atoms with E-state index >= 15 is 0 Å². The molecule has 1 unspecified atom stereocenters. The number of likely N-dealkylation sites (tertiary alicyclic amines) is 1. The summed E-state index contributed by atoms with van der Waals surface area (Å²) in [6.45, 7) is 1.34. The number of hydrogen-bond donors (Lipinski definition) is 0. The van der Waals surface area contributed by atoms with Crippen molar-refractivity contribution in [1.29, 1.82) is 0 Å². The standard InChI is InChI=1S/C12H23N/c1-13-9-5-8-12(13)10-11-6-3-2-4-7-11/h11-12H,2-10H2,1H3. The lowest BCUT2D eigenvalue weighted by Crippen LogP contribution is -2.27. The predicted molar refractivity (Wildman–Crippen MR) is 56.8 cm³/mol. The van der Waals surface area contributed by atoms with Gasteiger partial charge in [0.05, 0.1) is 0 Å². The summed E-state index contributed by atoms with van der Waals surface area (Å²) < 4.78 is 0. The average Bonchev–Trinajstić information content (AvgIpc) is 2.54. The molecule has 2 aliphatic rings. The van der Waals surface area contributed by atoms with Crippen molar-refractivity contribution in [3.05, 3.63) is 0 Å². The molecule has 0 N–H and O–H groups in total. The van der Waals surface area contributed by atoms with Crippen LogP contribution in [-0.2, 0) is 0 Å². The molecule has 1 saturated heterocycles. The van der Waals surface area contributed by atoms with Crippen LogP contribution in [0.4, 0.5) is 0 Å². The van der Waals surface area contributed by atoms with Gasteiger partial charge in [0.1, 0.15) is 0 Å². The minimum Gasteiger partial charge on any atom is -0.303 e. The van der Waals surface area contributed by atoms with Crippen LogP contribution in [0.5, 0.6) is 0 Å². The molecule has 1 nitrogen and oxygen atoms in total. The van der Waals surface area contributed by atoms with Crippen molar-refractivity contribution < 1.29 is 0 Å². The van der Waals surface area contributed by atoms with Crippen LogP contribution in [0.1, 0.15) is 51.4 Å². The normalized spacial score (nSPS) is 32.5. The van der Waals surface area contributed by atoms with Gasteiger partial charge in [0.15, 0.2) is 0 Å². The number of rotatable bonds is 2. The first-order valence-corrected chi connectivity index (χ1v) is 6.06. The minimum absolute atomic E-state index is 0.933. The first kappa shape index (κ1) is 9.51. The van der Waals surface area contributed by atoms with E-state index < -0.39 is 0 Å². The highest BCUT2D eigenvalue weighted by Crippen LogP contribution is 2.31. The fraction of sp³-hybridized carbons (Fsp3) is 1.00. The van der Waals surface area contributed by atoms with Gasteiger partial charge in [-0.1, -0.05) is 32.1 Å². The molecule has 13 heavy (non-hydrogen) atoms. The van der Waals surface area contributed by atoms with Crippen LogP contribution in [0.25, 0.3) is 0 Å². The lowest BCUT2D eigenvalue weighted by Gasteiger charge is -2.27. The molecule has 2 fully saturated rings. The maximum atomic E-state index is 2.58. The zero-order valence-electron chi connectivity index (χ0n) is 8.97. The largest absolute Gasteiger partial charge is 0.303 e. The highest BCUT2D eigenvalue weighted by Gasteiger charge is 2.24. The molecule has 2 rings (SSSR count). The predicted octanol–water partition coefficient (Wildman–Crippen LogP) is 3.05. The van der Waals surface area contributed by atoms with Gasteiger partial charge >= 0.3 is 0 Å². The van der Waals surface area contributed by atoms with E-state index in [-0.39, 0.29) is 0 Å². The fourth-order valence-corrected chi connectivity index (χ4v) is 3.08. The summed E-state index contributed by atoms with van der Waals surface area (Å²) in [5, 5.41) is 0. The third-order valence-corrected chi connectivity index (χ3v) is 4.00. The van der Waals surface area contributed by atoms with E-state index in [4.69, 9.17) is 0 Å². The molecule has 1 atom stereocenters. The molecule has 1 heteroatoms. The van der Waals surface area contributed by atoms with Crippen molar-refractivity contribution in [3.8, 4) is 0 Å². The van der Waals surface area contributed by atoms with E-state index in [1.165, 1.54) is 57.9 Å². The molecule has 1 aliphatic carbocycles. The molecule has 0 aromatic rings. The Bertz CT molecular complexity index is 149. The van der Waals surface area contributed by atoms with Crippen LogP contribution in [0, 0.1) is 5.92 Å². The second-order valence-electron chi connectivity index (χ2n) is 5.02. The van der Waals surface area contributed by atoms with Gasteiger partial charge in [-0.2, -0.15) is 0 Å². The summed E-state index contributed by atoms with van der Waals surface area (Å²) in [4.78, 5) is 2.58. The van der Waals surface area contributed by atoms with Gasteiger partial charge in [-0.15, -0.1) is 0 Å². The van der Waals surface area contributed by atoms with Crippen LogP contribution in [0.15, 0.2) is 0 Å². The Hall–Kier alpha value is -0.0400. The quantitative estimate of drug-likeness (QED) is 0.633. The first-order valence-electron chi connectivity index (χ1n) is 6.06. The lowest BCUT2D eigenvalue weighted by molar-refractivity contribution is 0.229. The second kappa shape index (κ2) is 4.45. The Morgan fingerprint density at radius 1 is 1.00 bits per heavy atom. The van der Waals surface area contributed by atoms with E-state index in [0.29, 0.717) is 0 Å². The zero-order chi connectivity index (χ0) is 9.10. The van der Waals surface area contributed by atoms with E-state index in [0.717, 1.165) is 12.0 Å². The molecule has 0 aromatic heterocycles. The smallest absolute Gasteiger partial charge is 0.00953 e. The van der Waals surface area contributed by atoms with Crippen LogP contribution in [-0.4, -0.2) is 24.5 Å². The highest BCUT2D eigenvalue weighted by molar-refractivity contribution is 4.80. The van der Waals surface area contributed by atoms with Gasteiger partial charge in [0, 0.05) is 6.04 Å². The van der Waals surface area contributed by atoms with Crippen LogP contribution >= 0.6 is 0 Å². The average molecular weight is 181 g/mol. The molecule has 0 amide bonds. The van der Waals surface area contributed by atoms with Gasteiger partial charge in [-0.05, 0) is 38.8 Å². The molecule has 0 spiro atoms. The van der Waals surface area contributed by atoms with Crippen molar-refractivity contribution in [2.45, 2.75) is 57.4 Å². The SMILES string of the molecule is CN1CCCC1CC1CCCCC1. The molecule has 1 heterocycles. The minimum atomic E-state index is 0.933. The molecule has 1 aliphatic heterocycles. The van der Waals surface area contributed by atoms with Crippen LogP contribution in [0.3, 0.4) is 0 Å². The van der Waals surface area contributed by atoms with E-state index in [1.54, 1.807) is 0 Å². The van der Waals surface area contributed by atoms with E-state index in [2.05, 4.69) is 11.9 Å². The summed E-state index contributed by atoms with van der Waals surface area (Å²) in [5.74, 6) is 1.07. The van der Waals surface area contributed by atoms with Crippen molar-refractivity contribution in [2.75, 3.05) is 13.6 Å². The summed E-state index contributed by atoms with van der Waals surface area (Å²) in [6, 6.07) is 0.933. The zero-order valence-corrected chi connectivity index (χ0v) is 8.97. The van der Waals surface area contributed by atoms with E-state index in [1.807, 2.05) is 0 Å². The summed E-state index contributed by atoms with van der Waals surface area (Å²) in [6.07, 6.45) is 11.9. The van der Waals surface area contributed by atoms with Crippen molar-refractivity contribution in [3.63, 3.8) is 0 Å². The topological polar surface area (TPSA) is 3.24 Å². The Kier molecular flexibility index (Phi) is 3.26. The van der Waals surface area contributed by atoms with Crippen molar-refractivity contribution >= 4 is 0 Å². The van der Waals surface area contributed by atoms with Crippen molar-refractivity contribution in [1.82, 2.24) is 4.90 Å². The maximum Gasteiger partial charge on any atom is 0.00953 e. The third-order valence-electron chi connectivity index (χ3n) is 4.00. The van der Waals surface area contributed by atoms with Gasteiger partial charge in [0.2, 0.25) is 0 Å². The monoisotopic (exact) mass is 181 g/mol. The van der Waals surface area contributed by atoms with E-state index in [9.17, 15) is 0 Å². The Balaban J connectivity index is 1.75. The molecular weight excluding hydrogens is 158 g/mol. The van der Waals surface area contributed by atoms with Crippen molar-refractivity contribution in [2.24, 2.45) is 5.92 Å². The highest BCUT2D eigenvalue weighted by atomic mass is 15.1. The molecule has 0 radical (unpaired) electrons. The maximum absolute atomic E-state index is 2.58. The van der Waals surface area contributed by atoms with Gasteiger partial charge in [-0.25, -0.2) is 0 Å². The first-order chi connectivity index (χ1) is 6.36. The lowest BCUT2D eigenvalue weighted by atomic mass is 9.84. The van der Waals surface area contributed by atoms with Gasteiger partial charge in [-0.3, -0.25) is 0 Å². The third kappa shape index (κ3) is 2.46. The Labute approximate surface area is 82.5 Å². The molecular formula is C12H23N. The van der Waals surface area contributed by atoms with Gasteiger partial charge < -0.3 is 4.90 Å². The van der Waals surface area contributed by atoms with Gasteiger partial charge in [0.25, 0.3) is 0 Å². The summed E-state index contributed by atoms with van der Waals surface area (Å²) in [7, 11) is 2.31. The van der Waals surface area contributed by atoms with Crippen LogP contribution in [0.2, 0.25) is 0 Å². The fourth-order valence-electron chi connectivity index (χ4n) is 3.08. The number of hydrogen-bond acceptors (Lipinski definition) is 1.